The molecule has 0 aliphatic rings. The van der Waals surface area contributed by atoms with Gasteiger partial charge < -0.3 is 14.8 Å². The minimum Gasteiger partial charge on any atom is -0.471 e. The highest BCUT2D eigenvalue weighted by molar-refractivity contribution is 5.11. The molecule has 0 spiro atoms. The van der Waals surface area contributed by atoms with Gasteiger partial charge in [0.25, 0.3) is 0 Å². The fourth-order valence-electron chi connectivity index (χ4n) is 1.21. The lowest BCUT2D eigenvalue weighted by Gasteiger charge is -2.13. The van der Waals surface area contributed by atoms with Crippen LogP contribution in [0.3, 0.4) is 0 Å². The molecular formula is C11H19N3O2. The van der Waals surface area contributed by atoms with Crippen LogP contribution >= 0.6 is 0 Å². The van der Waals surface area contributed by atoms with Crippen LogP contribution in [0.5, 0.6) is 5.88 Å². The van der Waals surface area contributed by atoms with E-state index in [4.69, 9.17) is 9.47 Å². The van der Waals surface area contributed by atoms with Crippen molar-refractivity contribution in [1.82, 2.24) is 15.5 Å². The second-order valence-corrected chi connectivity index (χ2v) is 3.48. The Labute approximate surface area is 96.2 Å². The third-order valence-corrected chi connectivity index (χ3v) is 1.93. The average Bonchev–Trinajstić information content (AvgIpc) is 2.29. The minimum atomic E-state index is -0.00981. The van der Waals surface area contributed by atoms with Gasteiger partial charge in [0.05, 0.1) is 12.3 Å². The number of aromatic nitrogens is 2. The Balaban J connectivity index is 2.41. The molecule has 5 heteroatoms. The number of nitrogens with zero attached hydrogens (tertiary/aromatic N) is 2. The van der Waals surface area contributed by atoms with Gasteiger partial charge in [-0.15, -0.1) is 5.10 Å². The predicted octanol–water partition coefficient (Wildman–Crippen LogP) is 1.000. The maximum Gasteiger partial charge on any atom is 0.233 e. The first-order chi connectivity index (χ1) is 7.76. The Morgan fingerprint density at radius 2 is 2.19 bits per heavy atom. The Morgan fingerprint density at radius 1 is 1.38 bits per heavy atom. The van der Waals surface area contributed by atoms with E-state index in [1.807, 2.05) is 33.0 Å². The molecule has 5 nitrogen and oxygen atoms in total. The van der Waals surface area contributed by atoms with Gasteiger partial charge >= 0.3 is 0 Å². The van der Waals surface area contributed by atoms with Gasteiger partial charge in [-0.3, -0.25) is 0 Å². The quantitative estimate of drug-likeness (QED) is 0.750. The molecule has 0 bridgehead atoms. The van der Waals surface area contributed by atoms with Crippen LogP contribution in [0.4, 0.5) is 0 Å². The van der Waals surface area contributed by atoms with Crippen molar-refractivity contribution in [3.8, 4) is 5.88 Å². The molecule has 0 fully saturated rings. The Bertz CT molecular complexity index is 290. The molecule has 0 aromatic carbocycles. The van der Waals surface area contributed by atoms with E-state index in [1.54, 1.807) is 0 Å². The van der Waals surface area contributed by atoms with Crippen LogP contribution in [-0.2, 0) is 11.3 Å². The van der Waals surface area contributed by atoms with Crippen LogP contribution in [0, 0.1) is 0 Å². The van der Waals surface area contributed by atoms with Gasteiger partial charge in [-0.1, -0.05) is 0 Å². The summed E-state index contributed by atoms with van der Waals surface area (Å²) in [6.45, 7) is 5.87. The van der Waals surface area contributed by atoms with Crippen LogP contribution in [0.25, 0.3) is 0 Å². The third-order valence-electron chi connectivity index (χ3n) is 1.93. The lowest BCUT2D eigenvalue weighted by Crippen LogP contribution is -2.20. The van der Waals surface area contributed by atoms with Gasteiger partial charge in [-0.05, 0) is 27.0 Å². The fourth-order valence-corrected chi connectivity index (χ4v) is 1.21. The first kappa shape index (κ1) is 12.9. The molecule has 1 atom stereocenters. The molecule has 0 amide bonds. The third kappa shape index (κ3) is 4.55. The van der Waals surface area contributed by atoms with E-state index in [-0.39, 0.29) is 6.10 Å². The summed E-state index contributed by atoms with van der Waals surface area (Å²) < 4.78 is 10.8. The normalized spacial score (nSPS) is 12.4. The first-order valence-electron chi connectivity index (χ1n) is 5.47. The number of hydrogen-bond donors (Lipinski definition) is 1. The average molecular weight is 225 g/mol. The highest BCUT2D eigenvalue weighted by atomic mass is 16.5. The van der Waals surface area contributed by atoms with Crippen LogP contribution in [0.15, 0.2) is 12.1 Å². The molecule has 0 saturated heterocycles. The van der Waals surface area contributed by atoms with E-state index in [9.17, 15) is 0 Å². The second-order valence-electron chi connectivity index (χ2n) is 3.48. The summed E-state index contributed by atoms with van der Waals surface area (Å²) in [7, 11) is 1.87. The molecule has 0 radical (unpaired) electrons. The van der Waals surface area contributed by atoms with Crippen LogP contribution in [0.2, 0.25) is 0 Å². The lowest BCUT2D eigenvalue weighted by molar-refractivity contribution is 0.0628. The standard InChI is InChI=1S/C11H19N3O2/c1-4-15-8-9(2)16-11-6-5-10(7-12-3)13-14-11/h5-6,9,12H,4,7-8H2,1-3H3. The molecule has 16 heavy (non-hydrogen) atoms. The Hall–Kier alpha value is -1.20. The van der Waals surface area contributed by atoms with Crippen molar-refractivity contribution in [3.05, 3.63) is 17.8 Å². The zero-order valence-electron chi connectivity index (χ0n) is 10.1. The molecule has 90 valence electrons. The molecule has 1 aromatic rings. The van der Waals surface area contributed by atoms with Gasteiger partial charge in [0.2, 0.25) is 5.88 Å². The molecule has 1 N–H and O–H groups in total. The lowest BCUT2D eigenvalue weighted by atomic mass is 10.4. The van der Waals surface area contributed by atoms with E-state index in [0.29, 0.717) is 25.6 Å². The van der Waals surface area contributed by atoms with Crippen molar-refractivity contribution in [2.75, 3.05) is 20.3 Å². The van der Waals surface area contributed by atoms with Gasteiger partial charge in [0, 0.05) is 19.2 Å². The van der Waals surface area contributed by atoms with Gasteiger partial charge in [-0.2, -0.15) is 5.10 Å². The van der Waals surface area contributed by atoms with E-state index >= 15 is 0 Å². The van der Waals surface area contributed by atoms with E-state index in [0.717, 1.165) is 5.69 Å². The topological polar surface area (TPSA) is 56.3 Å². The fraction of sp³-hybridized carbons (Fsp3) is 0.636. The van der Waals surface area contributed by atoms with Crippen molar-refractivity contribution >= 4 is 0 Å². The number of rotatable bonds is 7. The molecule has 1 rings (SSSR count). The summed E-state index contributed by atoms with van der Waals surface area (Å²) in [6, 6.07) is 3.72. The Morgan fingerprint density at radius 3 is 2.75 bits per heavy atom. The molecular weight excluding hydrogens is 206 g/mol. The minimum absolute atomic E-state index is 0.00981. The van der Waals surface area contributed by atoms with Crippen molar-refractivity contribution < 1.29 is 9.47 Å². The summed E-state index contributed by atoms with van der Waals surface area (Å²) in [5, 5.41) is 11.0. The summed E-state index contributed by atoms with van der Waals surface area (Å²) in [4.78, 5) is 0. The monoisotopic (exact) mass is 225 g/mol. The second kappa shape index (κ2) is 7.14. The summed E-state index contributed by atoms with van der Waals surface area (Å²) in [5.41, 5.74) is 0.896. The molecule has 1 aromatic heterocycles. The van der Waals surface area contributed by atoms with Crippen LogP contribution < -0.4 is 10.1 Å². The maximum atomic E-state index is 5.53. The van der Waals surface area contributed by atoms with Crippen molar-refractivity contribution in [2.45, 2.75) is 26.5 Å². The molecule has 0 aliphatic carbocycles. The van der Waals surface area contributed by atoms with E-state index in [1.165, 1.54) is 0 Å². The van der Waals surface area contributed by atoms with Crippen LogP contribution in [0.1, 0.15) is 19.5 Å². The molecule has 0 saturated carbocycles. The van der Waals surface area contributed by atoms with Crippen molar-refractivity contribution in [2.24, 2.45) is 0 Å². The maximum absolute atomic E-state index is 5.53. The zero-order chi connectivity index (χ0) is 11.8. The number of hydrogen-bond acceptors (Lipinski definition) is 5. The summed E-state index contributed by atoms with van der Waals surface area (Å²) in [5.74, 6) is 0.534. The summed E-state index contributed by atoms with van der Waals surface area (Å²) >= 11 is 0. The SMILES string of the molecule is CCOCC(C)Oc1ccc(CNC)nn1. The smallest absolute Gasteiger partial charge is 0.233 e. The predicted molar refractivity (Wildman–Crippen MR) is 61.4 cm³/mol. The van der Waals surface area contributed by atoms with Crippen molar-refractivity contribution in [1.29, 1.82) is 0 Å². The molecule has 1 unspecified atom stereocenters. The molecule has 1 heterocycles. The Kier molecular flexibility index (Phi) is 5.74. The number of ether oxygens (including phenoxy) is 2. The van der Waals surface area contributed by atoms with Crippen LogP contribution in [-0.4, -0.2) is 36.6 Å². The number of nitrogens with one attached hydrogen (secondary N) is 1. The highest BCUT2D eigenvalue weighted by Gasteiger charge is 2.05. The highest BCUT2D eigenvalue weighted by Crippen LogP contribution is 2.07. The van der Waals surface area contributed by atoms with Gasteiger partial charge in [0.1, 0.15) is 6.10 Å². The summed E-state index contributed by atoms with van der Waals surface area (Å²) in [6.07, 6.45) is -0.00981. The largest absolute Gasteiger partial charge is 0.471 e. The molecule has 0 aliphatic heterocycles. The van der Waals surface area contributed by atoms with E-state index in [2.05, 4.69) is 15.5 Å². The van der Waals surface area contributed by atoms with Gasteiger partial charge in [0.15, 0.2) is 0 Å². The zero-order valence-corrected chi connectivity index (χ0v) is 10.1. The van der Waals surface area contributed by atoms with E-state index < -0.39 is 0 Å². The first-order valence-corrected chi connectivity index (χ1v) is 5.47. The van der Waals surface area contributed by atoms with Crippen molar-refractivity contribution in [3.63, 3.8) is 0 Å². The van der Waals surface area contributed by atoms with Gasteiger partial charge in [-0.25, -0.2) is 0 Å².